The minimum atomic E-state index is -0.875. The Hall–Kier alpha value is -0.243. The predicted molar refractivity (Wildman–Crippen MR) is 69.5 cm³/mol. The average Bonchev–Trinajstić information content (AvgIpc) is 2.40. The topological polar surface area (TPSA) is 9.23 Å². The molecular weight excluding hydrogens is 200 g/mol. The molecule has 0 spiro atoms. The SMILES string of the molecule is CCCCC1CC=C(O[SiH](C)C)CCC1. The Morgan fingerprint density at radius 1 is 1.47 bits per heavy atom. The molecule has 2 heteroatoms. The van der Waals surface area contributed by atoms with E-state index < -0.39 is 9.04 Å². The molecule has 1 atom stereocenters. The summed E-state index contributed by atoms with van der Waals surface area (Å²) in [5, 5.41) is 0. The van der Waals surface area contributed by atoms with Gasteiger partial charge in [0.25, 0.3) is 0 Å². The molecule has 1 unspecified atom stereocenters. The Labute approximate surface area is 96.6 Å². The lowest BCUT2D eigenvalue weighted by atomic mass is 9.95. The molecular formula is C13H26OSi. The Morgan fingerprint density at radius 2 is 2.27 bits per heavy atom. The van der Waals surface area contributed by atoms with Crippen LogP contribution in [0.2, 0.25) is 13.1 Å². The zero-order chi connectivity index (χ0) is 11.1. The Kier molecular flexibility index (Phi) is 6.07. The highest BCUT2D eigenvalue weighted by Crippen LogP contribution is 2.27. The fourth-order valence-corrected chi connectivity index (χ4v) is 3.07. The van der Waals surface area contributed by atoms with Gasteiger partial charge in [0, 0.05) is 6.42 Å². The van der Waals surface area contributed by atoms with Crippen LogP contribution in [-0.4, -0.2) is 9.04 Å². The minimum absolute atomic E-state index is 0.875. The van der Waals surface area contributed by atoms with Crippen LogP contribution in [0.25, 0.3) is 0 Å². The molecule has 0 fully saturated rings. The van der Waals surface area contributed by atoms with Gasteiger partial charge in [0.05, 0.1) is 5.76 Å². The van der Waals surface area contributed by atoms with Crippen LogP contribution in [-0.2, 0) is 4.43 Å². The van der Waals surface area contributed by atoms with E-state index in [1.165, 1.54) is 50.7 Å². The van der Waals surface area contributed by atoms with Gasteiger partial charge in [0.15, 0.2) is 0 Å². The summed E-state index contributed by atoms with van der Waals surface area (Å²) in [5.41, 5.74) is 0. The molecule has 1 nitrogen and oxygen atoms in total. The first-order valence-electron chi connectivity index (χ1n) is 6.58. The van der Waals surface area contributed by atoms with Crippen LogP contribution in [0.15, 0.2) is 11.8 Å². The summed E-state index contributed by atoms with van der Waals surface area (Å²) in [5.74, 6) is 2.23. The average molecular weight is 226 g/mol. The van der Waals surface area contributed by atoms with Crippen molar-refractivity contribution in [3.05, 3.63) is 11.8 Å². The second kappa shape index (κ2) is 7.10. The highest BCUT2D eigenvalue weighted by Gasteiger charge is 2.13. The van der Waals surface area contributed by atoms with E-state index in [9.17, 15) is 0 Å². The quantitative estimate of drug-likeness (QED) is 0.637. The van der Waals surface area contributed by atoms with Crippen molar-refractivity contribution >= 4 is 9.04 Å². The normalized spacial score (nSPS) is 22.4. The molecule has 1 aliphatic carbocycles. The summed E-state index contributed by atoms with van der Waals surface area (Å²) in [4.78, 5) is 0. The number of hydrogen-bond donors (Lipinski definition) is 0. The minimum Gasteiger partial charge on any atom is -0.550 e. The number of hydrogen-bond acceptors (Lipinski definition) is 1. The summed E-state index contributed by atoms with van der Waals surface area (Å²) >= 11 is 0. The van der Waals surface area contributed by atoms with Crippen molar-refractivity contribution in [1.29, 1.82) is 0 Å². The molecule has 0 bridgehead atoms. The van der Waals surface area contributed by atoms with Crippen LogP contribution in [0.4, 0.5) is 0 Å². The van der Waals surface area contributed by atoms with Crippen molar-refractivity contribution in [2.24, 2.45) is 5.92 Å². The fourth-order valence-electron chi connectivity index (χ4n) is 2.25. The van der Waals surface area contributed by atoms with Crippen molar-refractivity contribution in [2.75, 3.05) is 0 Å². The summed E-state index contributed by atoms with van der Waals surface area (Å²) < 4.78 is 5.92. The molecule has 1 rings (SSSR count). The fraction of sp³-hybridized carbons (Fsp3) is 0.846. The van der Waals surface area contributed by atoms with Crippen molar-refractivity contribution in [3.8, 4) is 0 Å². The second-order valence-corrected chi connectivity index (χ2v) is 7.31. The van der Waals surface area contributed by atoms with Gasteiger partial charge in [-0.25, -0.2) is 0 Å². The van der Waals surface area contributed by atoms with Crippen molar-refractivity contribution in [2.45, 2.75) is 65.0 Å². The lowest BCUT2D eigenvalue weighted by molar-refractivity contribution is 0.405. The third-order valence-electron chi connectivity index (χ3n) is 3.07. The highest BCUT2D eigenvalue weighted by atomic mass is 28.3. The summed E-state index contributed by atoms with van der Waals surface area (Å²) in [6, 6.07) is 0. The van der Waals surface area contributed by atoms with Crippen LogP contribution >= 0.6 is 0 Å². The van der Waals surface area contributed by atoms with E-state index in [0.717, 1.165) is 5.92 Å². The van der Waals surface area contributed by atoms with Crippen LogP contribution in [0.5, 0.6) is 0 Å². The maximum atomic E-state index is 5.92. The summed E-state index contributed by atoms with van der Waals surface area (Å²) in [6.45, 7) is 6.78. The monoisotopic (exact) mass is 226 g/mol. The third-order valence-corrected chi connectivity index (χ3v) is 3.84. The molecule has 0 saturated heterocycles. The van der Waals surface area contributed by atoms with Gasteiger partial charge < -0.3 is 4.43 Å². The first kappa shape index (κ1) is 12.8. The highest BCUT2D eigenvalue weighted by molar-refractivity contribution is 6.48. The number of allylic oxidation sites excluding steroid dienone is 2. The molecule has 0 aliphatic heterocycles. The van der Waals surface area contributed by atoms with Crippen LogP contribution in [0, 0.1) is 5.92 Å². The molecule has 88 valence electrons. The molecule has 0 radical (unpaired) electrons. The van der Waals surface area contributed by atoms with Gasteiger partial charge in [-0.1, -0.05) is 26.2 Å². The van der Waals surface area contributed by atoms with Crippen molar-refractivity contribution in [3.63, 3.8) is 0 Å². The van der Waals surface area contributed by atoms with Crippen molar-refractivity contribution < 1.29 is 4.43 Å². The van der Waals surface area contributed by atoms with E-state index in [2.05, 4.69) is 26.1 Å². The molecule has 0 saturated carbocycles. The standard InChI is InChI=1S/C13H26OSi/c1-4-5-7-12-8-6-9-13(11-10-12)14-15(2)3/h11-12,15H,4-10H2,1-3H3. The van der Waals surface area contributed by atoms with Gasteiger partial charge in [0.2, 0.25) is 9.04 Å². The third kappa shape index (κ3) is 5.40. The Bertz CT molecular complexity index is 199. The maximum absolute atomic E-state index is 5.92. The van der Waals surface area contributed by atoms with Gasteiger partial charge in [-0.2, -0.15) is 0 Å². The summed E-state index contributed by atoms with van der Waals surface area (Å²) in [6.07, 6.45) is 11.7. The lowest BCUT2D eigenvalue weighted by Crippen LogP contribution is -2.06. The molecule has 0 heterocycles. The molecule has 0 amide bonds. The lowest BCUT2D eigenvalue weighted by Gasteiger charge is -2.11. The molecule has 0 N–H and O–H groups in total. The first-order valence-corrected chi connectivity index (χ1v) is 9.36. The van der Waals surface area contributed by atoms with E-state index in [1.807, 2.05) is 0 Å². The van der Waals surface area contributed by atoms with E-state index in [4.69, 9.17) is 4.43 Å². The summed E-state index contributed by atoms with van der Waals surface area (Å²) in [7, 11) is -0.875. The first-order chi connectivity index (χ1) is 7.22. The van der Waals surface area contributed by atoms with Gasteiger partial charge in [0.1, 0.15) is 0 Å². The predicted octanol–water partition coefficient (Wildman–Crippen LogP) is 4.25. The van der Waals surface area contributed by atoms with Gasteiger partial charge in [-0.3, -0.25) is 0 Å². The number of rotatable bonds is 5. The van der Waals surface area contributed by atoms with Crippen LogP contribution in [0.3, 0.4) is 0 Å². The van der Waals surface area contributed by atoms with E-state index >= 15 is 0 Å². The van der Waals surface area contributed by atoms with Crippen LogP contribution in [0.1, 0.15) is 51.9 Å². The Morgan fingerprint density at radius 3 is 2.93 bits per heavy atom. The van der Waals surface area contributed by atoms with E-state index in [-0.39, 0.29) is 0 Å². The van der Waals surface area contributed by atoms with Crippen molar-refractivity contribution in [1.82, 2.24) is 0 Å². The maximum Gasteiger partial charge on any atom is 0.229 e. The van der Waals surface area contributed by atoms with Crippen LogP contribution < -0.4 is 0 Å². The number of unbranched alkanes of at least 4 members (excludes halogenated alkanes) is 1. The largest absolute Gasteiger partial charge is 0.550 e. The molecule has 1 aliphatic rings. The van der Waals surface area contributed by atoms with E-state index in [1.54, 1.807) is 0 Å². The molecule has 15 heavy (non-hydrogen) atoms. The zero-order valence-corrected chi connectivity index (χ0v) is 11.7. The Balaban J connectivity index is 2.34. The molecule has 0 aromatic carbocycles. The van der Waals surface area contributed by atoms with E-state index in [0.29, 0.717) is 0 Å². The second-order valence-electron chi connectivity index (χ2n) is 4.97. The zero-order valence-electron chi connectivity index (χ0n) is 10.6. The van der Waals surface area contributed by atoms with Gasteiger partial charge in [-0.15, -0.1) is 0 Å². The van der Waals surface area contributed by atoms with Gasteiger partial charge >= 0.3 is 0 Å². The smallest absolute Gasteiger partial charge is 0.229 e. The molecule has 0 aromatic rings. The molecule has 0 aromatic heterocycles. The van der Waals surface area contributed by atoms with Gasteiger partial charge in [-0.05, 0) is 44.4 Å².